The van der Waals surface area contributed by atoms with E-state index in [1.807, 2.05) is 29.8 Å². The maximum Gasteiger partial charge on any atom is 0.118 e. The van der Waals surface area contributed by atoms with E-state index in [2.05, 4.69) is 23.4 Å². The molecule has 0 bridgehead atoms. The van der Waals surface area contributed by atoms with E-state index >= 15 is 0 Å². The summed E-state index contributed by atoms with van der Waals surface area (Å²) in [7, 11) is 0. The summed E-state index contributed by atoms with van der Waals surface area (Å²) in [5.74, 6) is 1.49. The minimum absolute atomic E-state index is 0.297. The molecule has 0 N–H and O–H groups in total. The lowest BCUT2D eigenvalue weighted by molar-refractivity contribution is 0.431. The molecule has 0 atom stereocenters. The van der Waals surface area contributed by atoms with Gasteiger partial charge in [0.25, 0.3) is 0 Å². The van der Waals surface area contributed by atoms with E-state index in [0.717, 1.165) is 21.9 Å². The number of fused-ring (bicyclic) bond motifs is 1. The van der Waals surface area contributed by atoms with Crippen molar-refractivity contribution in [3.8, 4) is 0 Å². The summed E-state index contributed by atoms with van der Waals surface area (Å²) in [6.07, 6.45) is 2.54. The molecule has 0 aliphatic heterocycles. The molecule has 0 unspecified atom stereocenters. The minimum Gasteiger partial charge on any atom is -0.316 e. The number of halogens is 2. The number of benzene rings is 1. The van der Waals surface area contributed by atoms with E-state index in [-0.39, 0.29) is 5.54 Å². The van der Waals surface area contributed by atoms with Crippen LogP contribution in [0.3, 0.4) is 0 Å². The van der Waals surface area contributed by atoms with Crippen molar-refractivity contribution in [3.63, 3.8) is 0 Å². The quantitative estimate of drug-likeness (QED) is 0.644. The van der Waals surface area contributed by atoms with Crippen LogP contribution in [0.1, 0.15) is 24.7 Å². The zero-order valence-electron chi connectivity index (χ0n) is 11.8. The highest BCUT2D eigenvalue weighted by molar-refractivity contribution is 7.09. The maximum absolute atomic E-state index is 6.17. The Kier molecular flexibility index (Phi) is 3.95. The van der Waals surface area contributed by atoms with Gasteiger partial charge in [0.15, 0.2) is 0 Å². The molecule has 0 spiro atoms. The van der Waals surface area contributed by atoms with Gasteiger partial charge in [-0.25, -0.2) is 9.97 Å². The molecule has 21 heavy (non-hydrogen) atoms. The molecular formula is C15H15Cl2N3S. The van der Waals surface area contributed by atoms with Gasteiger partial charge in [-0.3, -0.25) is 0 Å². The number of aryl methyl sites for hydroxylation is 1. The molecule has 3 rings (SSSR count). The number of hydrogen-bond donors (Lipinski definition) is 0. The second kappa shape index (κ2) is 5.59. The number of hydrogen-bond acceptors (Lipinski definition) is 3. The van der Waals surface area contributed by atoms with Crippen molar-refractivity contribution in [2.75, 3.05) is 5.88 Å². The highest BCUT2D eigenvalue weighted by Crippen LogP contribution is 2.33. The first-order valence-corrected chi connectivity index (χ1v) is 8.46. The topological polar surface area (TPSA) is 30.7 Å². The third-order valence-corrected chi connectivity index (χ3v) is 5.03. The lowest BCUT2D eigenvalue weighted by Gasteiger charge is -2.27. The van der Waals surface area contributed by atoms with Gasteiger partial charge < -0.3 is 4.57 Å². The molecular weight excluding hydrogens is 325 g/mol. The predicted octanol–water partition coefficient (Wildman–Crippen LogP) is 4.71. The van der Waals surface area contributed by atoms with E-state index in [1.54, 1.807) is 11.3 Å². The largest absolute Gasteiger partial charge is 0.316 e. The smallest absolute Gasteiger partial charge is 0.118 e. The number of nitrogens with zero attached hydrogens (tertiary/aromatic N) is 3. The molecule has 1 aromatic carbocycles. The Bertz CT molecular complexity index is 763. The van der Waals surface area contributed by atoms with Crippen molar-refractivity contribution in [2.45, 2.75) is 25.8 Å². The fraction of sp³-hybridized carbons (Fsp3) is 0.333. The molecule has 0 radical (unpaired) electrons. The number of aromatic nitrogens is 3. The Hall–Kier alpha value is -1.10. The van der Waals surface area contributed by atoms with Gasteiger partial charge in [-0.05, 0) is 32.0 Å². The van der Waals surface area contributed by atoms with Crippen LogP contribution in [-0.4, -0.2) is 20.4 Å². The zero-order chi connectivity index (χ0) is 15.0. The van der Waals surface area contributed by atoms with Crippen molar-refractivity contribution in [2.24, 2.45) is 0 Å². The highest BCUT2D eigenvalue weighted by Gasteiger charge is 2.30. The van der Waals surface area contributed by atoms with Gasteiger partial charge >= 0.3 is 0 Å². The Balaban J connectivity index is 2.28. The van der Waals surface area contributed by atoms with Gasteiger partial charge in [0.1, 0.15) is 10.8 Å². The molecule has 0 fully saturated rings. The molecule has 3 nitrogen and oxygen atoms in total. The normalized spacial score (nSPS) is 12.2. The lowest BCUT2D eigenvalue weighted by atomic mass is 10.1. The van der Waals surface area contributed by atoms with E-state index < -0.39 is 0 Å². The van der Waals surface area contributed by atoms with Crippen LogP contribution in [0.5, 0.6) is 0 Å². The SMILES string of the molecule is CC(C)(c1nccs1)n1c(CCCl)nc2ccc(Cl)cc21. The molecule has 110 valence electrons. The number of thiazole rings is 1. The molecule has 6 heteroatoms. The molecule has 0 saturated heterocycles. The zero-order valence-corrected chi connectivity index (χ0v) is 14.1. The second-order valence-electron chi connectivity index (χ2n) is 5.33. The van der Waals surface area contributed by atoms with Crippen LogP contribution >= 0.6 is 34.5 Å². The highest BCUT2D eigenvalue weighted by atomic mass is 35.5. The number of rotatable bonds is 4. The van der Waals surface area contributed by atoms with Crippen molar-refractivity contribution >= 4 is 45.6 Å². The Morgan fingerprint density at radius 1 is 1.33 bits per heavy atom. The molecule has 3 aromatic rings. The first-order chi connectivity index (χ1) is 10.0. The van der Waals surface area contributed by atoms with Crippen molar-refractivity contribution < 1.29 is 0 Å². The van der Waals surface area contributed by atoms with E-state index in [0.29, 0.717) is 17.3 Å². The number of alkyl halides is 1. The average Bonchev–Trinajstić information content (AvgIpc) is 3.05. The maximum atomic E-state index is 6.17. The third-order valence-electron chi connectivity index (χ3n) is 3.52. The first kappa shape index (κ1) is 14.8. The van der Waals surface area contributed by atoms with Gasteiger partial charge in [-0.2, -0.15) is 0 Å². The molecule has 0 aliphatic rings. The van der Waals surface area contributed by atoms with Crippen LogP contribution in [0.4, 0.5) is 0 Å². The summed E-state index contributed by atoms with van der Waals surface area (Å²) in [4.78, 5) is 9.19. The Morgan fingerprint density at radius 2 is 2.14 bits per heavy atom. The summed E-state index contributed by atoms with van der Waals surface area (Å²) < 4.78 is 2.20. The van der Waals surface area contributed by atoms with Gasteiger partial charge in [-0.1, -0.05) is 11.6 Å². The molecule has 0 aliphatic carbocycles. The van der Waals surface area contributed by atoms with Crippen LogP contribution in [0.2, 0.25) is 5.02 Å². The summed E-state index contributed by atoms with van der Waals surface area (Å²) in [5.41, 5.74) is 1.65. The van der Waals surface area contributed by atoms with Gasteiger partial charge in [0, 0.05) is 28.9 Å². The van der Waals surface area contributed by atoms with Gasteiger partial charge in [0.2, 0.25) is 0 Å². The fourth-order valence-corrected chi connectivity index (χ4v) is 3.68. The molecule has 0 amide bonds. The first-order valence-electron chi connectivity index (χ1n) is 6.67. The molecule has 0 saturated carbocycles. The van der Waals surface area contributed by atoms with Gasteiger partial charge in [-0.15, -0.1) is 22.9 Å². The van der Waals surface area contributed by atoms with Crippen LogP contribution < -0.4 is 0 Å². The Morgan fingerprint density at radius 3 is 2.81 bits per heavy atom. The van der Waals surface area contributed by atoms with Crippen molar-refractivity contribution in [1.29, 1.82) is 0 Å². The van der Waals surface area contributed by atoms with Crippen LogP contribution in [0.15, 0.2) is 29.8 Å². The molecule has 2 aromatic heterocycles. The van der Waals surface area contributed by atoms with E-state index in [9.17, 15) is 0 Å². The van der Waals surface area contributed by atoms with E-state index in [4.69, 9.17) is 28.2 Å². The fourth-order valence-electron chi connectivity index (χ4n) is 2.60. The van der Waals surface area contributed by atoms with Crippen LogP contribution in [0, 0.1) is 0 Å². The predicted molar refractivity (Wildman–Crippen MR) is 89.7 cm³/mol. The third kappa shape index (κ3) is 2.56. The van der Waals surface area contributed by atoms with Crippen molar-refractivity contribution in [1.82, 2.24) is 14.5 Å². The average molecular weight is 340 g/mol. The minimum atomic E-state index is -0.297. The lowest BCUT2D eigenvalue weighted by Crippen LogP contribution is -2.29. The summed E-state index contributed by atoms with van der Waals surface area (Å²) in [6.45, 7) is 4.29. The standard InChI is InChI=1S/C15H15Cl2N3S/c1-15(2,14-18-7-8-21-14)20-12-9-10(17)3-4-11(12)19-13(20)5-6-16/h3-4,7-9H,5-6H2,1-2H3. The van der Waals surface area contributed by atoms with E-state index in [1.165, 1.54) is 0 Å². The molecule has 2 heterocycles. The summed E-state index contributed by atoms with van der Waals surface area (Å²) in [6, 6.07) is 5.77. The van der Waals surface area contributed by atoms with Crippen LogP contribution in [-0.2, 0) is 12.0 Å². The van der Waals surface area contributed by atoms with Crippen molar-refractivity contribution in [3.05, 3.63) is 45.6 Å². The monoisotopic (exact) mass is 339 g/mol. The van der Waals surface area contributed by atoms with Crippen LogP contribution in [0.25, 0.3) is 11.0 Å². The number of imidazole rings is 1. The second-order valence-corrected chi connectivity index (χ2v) is 7.04. The Labute approximate surface area is 137 Å². The summed E-state index contributed by atoms with van der Waals surface area (Å²) in [5, 5.41) is 3.73. The summed E-state index contributed by atoms with van der Waals surface area (Å²) >= 11 is 13.8. The van der Waals surface area contributed by atoms with Gasteiger partial charge in [0.05, 0.1) is 16.6 Å².